The molecule has 0 aromatic carbocycles. The number of carbonyl (C=O) groups is 1. The molecule has 0 radical (unpaired) electrons. The molecule has 0 unspecified atom stereocenters. The van der Waals surface area contributed by atoms with Crippen molar-refractivity contribution in [1.82, 2.24) is 9.47 Å². The first-order chi connectivity index (χ1) is 9.32. The Morgan fingerprint density at radius 1 is 1.40 bits per heavy atom. The van der Waals surface area contributed by atoms with E-state index in [9.17, 15) is 4.79 Å². The van der Waals surface area contributed by atoms with E-state index < -0.39 is 0 Å². The molecule has 20 heavy (non-hydrogen) atoms. The van der Waals surface area contributed by atoms with Gasteiger partial charge in [0.1, 0.15) is 0 Å². The maximum atomic E-state index is 12.5. The summed E-state index contributed by atoms with van der Waals surface area (Å²) >= 11 is 0. The highest BCUT2D eigenvalue weighted by atomic mass is 16.2. The summed E-state index contributed by atoms with van der Waals surface area (Å²) in [5.74, 6) is 0.565. The second-order valence-electron chi connectivity index (χ2n) is 6.90. The Bertz CT molecular complexity index is 472. The lowest BCUT2D eigenvalue weighted by Gasteiger charge is -2.21. The van der Waals surface area contributed by atoms with Crippen molar-refractivity contribution in [3.05, 3.63) is 24.0 Å². The molecule has 1 amide bonds. The van der Waals surface area contributed by atoms with E-state index in [1.54, 1.807) is 0 Å². The number of amides is 1. The Morgan fingerprint density at radius 3 is 2.65 bits per heavy atom. The SMILES string of the molecule is CCC[C@H]1CN(C(=O)c2ccn(C(C)(C)C)c2)C[C@@H]1N. The Kier molecular flexibility index (Phi) is 4.23. The zero-order chi connectivity index (χ0) is 14.9. The average Bonchev–Trinajstić information content (AvgIpc) is 2.96. The zero-order valence-electron chi connectivity index (χ0n) is 13.1. The van der Waals surface area contributed by atoms with Crippen molar-refractivity contribution in [1.29, 1.82) is 0 Å². The van der Waals surface area contributed by atoms with Crippen molar-refractivity contribution >= 4 is 5.91 Å². The van der Waals surface area contributed by atoms with Gasteiger partial charge in [-0.25, -0.2) is 0 Å². The highest BCUT2D eigenvalue weighted by Crippen LogP contribution is 2.23. The van der Waals surface area contributed by atoms with Gasteiger partial charge in [0.15, 0.2) is 0 Å². The predicted molar refractivity (Wildman–Crippen MR) is 81.7 cm³/mol. The summed E-state index contributed by atoms with van der Waals surface area (Å²) in [6, 6.07) is 2.04. The molecule has 1 fully saturated rings. The predicted octanol–water partition coefficient (Wildman–Crippen LogP) is 2.44. The first-order valence-electron chi connectivity index (χ1n) is 7.56. The van der Waals surface area contributed by atoms with Gasteiger partial charge in [-0.2, -0.15) is 0 Å². The third-order valence-electron chi connectivity index (χ3n) is 4.15. The smallest absolute Gasteiger partial charge is 0.255 e. The molecule has 1 aromatic rings. The summed E-state index contributed by atoms with van der Waals surface area (Å²) in [6.45, 7) is 10.0. The normalized spacial score (nSPS) is 23.4. The van der Waals surface area contributed by atoms with Crippen LogP contribution in [-0.2, 0) is 5.54 Å². The number of hydrogen-bond acceptors (Lipinski definition) is 2. The van der Waals surface area contributed by atoms with Gasteiger partial charge >= 0.3 is 0 Å². The number of hydrogen-bond donors (Lipinski definition) is 1. The van der Waals surface area contributed by atoms with Crippen LogP contribution in [0.15, 0.2) is 18.5 Å². The van der Waals surface area contributed by atoms with Crippen LogP contribution in [0.5, 0.6) is 0 Å². The molecular weight excluding hydrogens is 250 g/mol. The van der Waals surface area contributed by atoms with Crippen LogP contribution in [0.25, 0.3) is 0 Å². The molecule has 0 saturated carbocycles. The van der Waals surface area contributed by atoms with Gasteiger partial charge in [0.2, 0.25) is 0 Å². The van der Waals surface area contributed by atoms with Crippen LogP contribution in [0.4, 0.5) is 0 Å². The van der Waals surface area contributed by atoms with Crippen molar-refractivity contribution < 1.29 is 4.79 Å². The quantitative estimate of drug-likeness (QED) is 0.922. The van der Waals surface area contributed by atoms with Crippen molar-refractivity contribution in [2.24, 2.45) is 11.7 Å². The number of carbonyl (C=O) groups excluding carboxylic acids is 1. The van der Waals surface area contributed by atoms with Crippen molar-refractivity contribution in [3.8, 4) is 0 Å². The van der Waals surface area contributed by atoms with Crippen LogP contribution in [0.3, 0.4) is 0 Å². The van der Waals surface area contributed by atoms with Gasteiger partial charge in [-0.1, -0.05) is 13.3 Å². The van der Waals surface area contributed by atoms with Crippen LogP contribution < -0.4 is 5.73 Å². The van der Waals surface area contributed by atoms with Crippen LogP contribution >= 0.6 is 0 Å². The molecule has 2 N–H and O–H groups in total. The second-order valence-corrected chi connectivity index (χ2v) is 6.90. The molecule has 4 nitrogen and oxygen atoms in total. The molecule has 1 aliphatic heterocycles. The Hall–Kier alpha value is -1.29. The maximum Gasteiger partial charge on any atom is 0.255 e. The van der Waals surface area contributed by atoms with E-state index in [1.165, 1.54) is 0 Å². The number of nitrogens with zero attached hydrogens (tertiary/aromatic N) is 2. The van der Waals surface area contributed by atoms with E-state index in [1.807, 2.05) is 23.4 Å². The van der Waals surface area contributed by atoms with Gasteiger partial charge in [-0.05, 0) is 39.2 Å². The molecule has 2 atom stereocenters. The van der Waals surface area contributed by atoms with Gasteiger partial charge < -0.3 is 15.2 Å². The minimum Gasteiger partial charge on any atom is -0.348 e. The zero-order valence-corrected chi connectivity index (χ0v) is 13.1. The van der Waals surface area contributed by atoms with Gasteiger partial charge in [0.05, 0.1) is 5.56 Å². The Labute approximate surface area is 121 Å². The molecule has 0 aliphatic carbocycles. The summed E-state index contributed by atoms with van der Waals surface area (Å²) in [7, 11) is 0. The maximum absolute atomic E-state index is 12.5. The summed E-state index contributed by atoms with van der Waals surface area (Å²) in [6.07, 6.45) is 6.16. The fraction of sp³-hybridized carbons (Fsp3) is 0.688. The average molecular weight is 277 g/mol. The topological polar surface area (TPSA) is 51.3 Å². The van der Waals surface area contributed by atoms with Crippen LogP contribution in [0, 0.1) is 5.92 Å². The number of nitrogens with two attached hydrogens (primary N) is 1. The summed E-state index contributed by atoms with van der Waals surface area (Å²) in [5.41, 5.74) is 6.92. The van der Waals surface area contributed by atoms with Gasteiger partial charge in [-0.15, -0.1) is 0 Å². The van der Waals surface area contributed by atoms with Gasteiger partial charge in [0.25, 0.3) is 5.91 Å². The van der Waals surface area contributed by atoms with E-state index in [4.69, 9.17) is 5.73 Å². The lowest BCUT2D eigenvalue weighted by atomic mass is 9.99. The molecule has 1 aromatic heterocycles. The molecule has 0 spiro atoms. The molecule has 4 heteroatoms. The number of likely N-dealkylation sites (tertiary alicyclic amines) is 1. The summed E-state index contributed by atoms with van der Waals surface area (Å²) < 4.78 is 2.08. The number of aromatic nitrogens is 1. The first-order valence-corrected chi connectivity index (χ1v) is 7.56. The lowest BCUT2D eigenvalue weighted by Crippen LogP contribution is -2.32. The third-order valence-corrected chi connectivity index (χ3v) is 4.15. The van der Waals surface area contributed by atoms with E-state index in [0.29, 0.717) is 12.5 Å². The van der Waals surface area contributed by atoms with Crippen LogP contribution in [0.2, 0.25) is 0 Å². The molecule has 1 aliphatic rings. The van der Waals surface area contributed by atoms with Crippen molar-refractivity contribution in [2.75, 3.05) is 13.1 Å². The van der Waals surface area contributed by atoms with Crippen molar-refractivity contribution in [3.63, 3.8) is 0 Å². The van der Waals surface area contributed by atoms with E-state index >= 15 is 0 Å². The van der Waals surface area contributed by atoms with E-state index in [2.05, 4.69) is 32.3 Å². The Balaban J connectivity index is 2.07. The standard InChI is InChI=1S/C16H27N3O/c1-5-6-12-9-18(11-14(12)17)15(20)13-7-8-19(10-13)16(2,3)4/h7-8,10,12,14H,5-6,9,11,17H2,1-4H3/t12-,14-/m0/s1. The van der Waals surface area contributed by atoms with E-state index in [0.717, 1.165) is 24.9 Å². The monoisotopic (exact) mass is 277 g/mol. The fourth-order valence-electron chi connectivity index (χ4n) is 2.86. The summed E-state index contributed by atoms with van der Waals surface area (Å²) in [5, 5.41) is 0. The Morgan fingerprint density at radius 2 is 2.10 bits per heavy atom. The van der Waals surface area contributed by atoms with Crippen molar-refractivity contribution in [2.45, 2.75) is 52.1 Å². The molecule has 1 saturated heterocycles. The second kappa shape index (κ2) is 5.60. The minimum absolute atomic E-state index is 0.00465. The third kappa shape index (κ3) is 3.06. The molecule has 2 heterocycles. The minimum atomic E-state index is 0.00465. The molecule has 2 rings (SSSR count). The molecule has 112 valence electrons. The van der Waals surface area contributed by atoms with Crippen LogP contribution in [-0.4, -0.2) is 34.5 Å². The van der Waals surface area contributed by atoms with E-state index in [-0.39, 0.29) is 17.5 Å². The number of rotatable bonds is 3. The first kappa shape index (κ1) is 15.1. The summed E-state index contributed by atoms with van der Waals surface area (Å²) in [4.78, 5) is 14.4. The van der Waals surface area contributed by atoms with Gasteiger partial charge in [0, 0.05) is 37.1 Å². The molecule has 0 bridgehead atoms. The highest BCUT2D eigenvalue weighted by Gasteiger charge is 2.33. The van der Waals surface area contributed by atoms with Crippen LogP contribution in [0.1, 0.15) is 50.9 Å². The van der Waals surface area contributed by atoms with Gasteiger partial charge in [-0.3, -0.25) is 4.79 Å². The fourth-order valence-corrected chi connectivity index (χ4v) is 2.86. The lowest BCUT2D eigenvalue weighted by molar-refractivity contribution is 0.0785. The highest BCUT2D eigenvalue weighted by molar-refractivity contribution is 5.94. The largest absolute Gasteiger partial charge is 0.348 e. The molecular formula is C16H27N3O.